The van der Waals surface area contributed by atoms with Gasteiger partial charge in [-0.05, 0) is 30.3 Å². The molecule has 0 fully saturated rings. The Morgan fingerprint density at radius 3 is 2.50 bits per heavy atom. The molecule has 0 aliphatic heterocycles. The van der Waals surface area contributed by atoms with Crippen molar-refractivity contribution in [2.75, 3.05) is 12.4 Å². The summed E-state index contributed by atoms with van der Waals surface area (Å²) in [6, 6.07) is 18.2. The number of rotatable bonds is 5. The molecule has 0 heterocycles. The number of methoxy groups -OCH3 is 1. The first-order valence-electron chi connectivity index (χ1n) is 5.98. The van der Waals surface area contributed by atoms with Crippen molar-refractivity contribution < 1.29 is 4.74 Å². The van der Waals surface area contributed by atoms with E-state index < -0.39 is 0 Å². The van der Waals surface area contributed by atoms with Crippen LogP contribution in [0.15, 0.2) is 66.9 Å². The highest BCUT2D eigenvalue weighted by Gasteiger charge is 1.97. The lowest BCUT2D eigenvalue weighted by Crippen LogP contribution is -1.92. The van der Waals surface area contributed by atoms with Gasteiger partial charge in [-0.15, -0.1) is 0 Å². The Morgan fingerprint density at radius 1 is 1.00 bits per heavy atom. The number of nitrogens with one attached hydrogen (secondary N) is 1. The van der Waals surface area contributed by atoms with Crippen molar-refractivity contribution in [3.8, 4) is 5.75 Å². The molecule has 2 heteroatoms. The van der Waals surface area contributed by atoms with Crippen LogP contribution in [0.3, 0.4) is 0 Å². The van der Waals surface area contributed by atoms with Gasteiger partial charge in [-0.1, -0.05) is 48.5 Å². The highest BCUT2D eigenvalue weighted by atomic mass is 16.5. The van der Waals surface area contributed by atoms with Crippen LogP contribution >= 0.6 is 0 Å². The summed E-state index contributed by atoms with van der Waals surface area (Å²) in [6.45, 7) is 0. The van der Waals surface area contributed by atoms with Gasteiger partial charge in [0, 0.05) is 0 Å². The number of anilines is 1. The summed E-state index contributed by atoms with van der Waals surface area (Å²) in [5, 5.41) is 3.23. The molecule has 0 aromatic heterocycles. The molecule has 2 nitrogen and oxygen atoms in total. The van der Waals surface area contributed by atoms with Gasteiger partial charge in [0.2, 0.25) is 0 Å². The number of hydrogen-bond acceptors (Lipinski definition) is 2. The maximum atomic E-state index is 5.26. The van der Waals surface area contributed by atoms with Gasteiger partial charge in [-0.25, -0.2) is 0 Å². The summed E-state index contributed by atoms with van der Waals surface area (Å²) in [6.07, 6.45) is 4.97. The fraction of sp³-hybridized carbons (Fsp3) is 0.125. The lowest BCUT2D eigenvalue weighted by Gasteiger charge is -2.06. The molecule has 0 radical (unpaired) electrons. The molecule has 2 aromatic carbocycles. The fourth-order valence-corrected chi connectivity index (χ4v) is 1.72. The third-order valence-electron chi connectivity index (χ3n) is 2.66. The molecule has 92 valence electrons. The van der Waals surface area contributed by atoms with Crippen LogP contribution in [0.4, 0.5) is 5.69 Å². The standard InChI is InChI=1S/C16H17NO/c1-18-16-12-6-5-11-15(16)17-13-7-10-14-8-3-2-4-9-14/h2-9,11-13,17H,10H2,1H3/b13-7+. The smallest absolute Gasteiger partial charge is 0.142 e. The van der Waals surface area contributed by atoms with Gasteiger partial charge in [0.15, 0.2) is 0 Å². The fourth-order valence-electron chi connectivity index (χ4n) is 1.72. The second kappa shape index (κ2) is 6.50. The molecule has 0 amide bonds. The third-order valence-corrected chi connectivity index (χ3v) is 2.66. The first-order chi connectivity index (χ1) is 8.90. The number of ether oxygens (including phenoxy) is 1. The minimum absolute atomic E-state index is 0.849. The quantitative estimate of drug-likeness (QED) is 0.855. The zero-order valence-corrected chi connectivity index (χ0v) is 10.5. The van der Waals surface area contributed by atoms with Gasteiger partial charge in [0.05, 0.1) is 12.8 Å². The topological polar surface area (TPSA) is 21.3 Å². The molecule has 0 aliphatic carbocycles. The van der Waals surface area contributed by atoms with Crippen molar-refractivity contribution in [2.45, 2.75) is 6.42 Å². The van der Waals surface area contributed by atoms with Crippen molar-refractivity contribution >= 4 is 5.69 Å². The van der Waals surface area contributed by atoms with Crippen LogP contribution < -0.4 is 10.1 Å². The largest absolute Gasteiger partial charge is 0.495 e. The molecule has 0 bridgehead atoms. The van der Waals surface area contributed by atoms with E-state index >= 15 is 0 Å². The van der Waals surface area contributed by atoms with Gasteiger partial charge in [-0.3, -0.25) is 0 Å². The van der Waals surface area contributed by atoms with Crippen LogP contribution in [0.1, 0.15) is 5.56 Å². The summed E-state index contributed by atoms with van der Waals surface area (Å²) in [4.78, 5) is 0. The molecule has 0 saturated heterocycles. The Morgan fingerprint density at radius 2 is 1.72 bits per heavy atom. The molecule has 0 spiro atoms. The van der Waals surface area contributed by atoms with Crippen molar-refractivity contribution in [1.29, 1.82) is 0 Å². The molecular formula is C16H17NO. The molecular weight excluding hydrogens is 222 g/mol. The monoisotopic (exact) mass is 239 g/mol. The van der Waals surface area contributed by atoms with E-state index in [1.807, 2.05) is 36.5 Å². The number of para-hydroxylation sites is 2. The van der Waals surface area contributed by atoms with E-state index in [2.05, 4.69) is 35.7 Å². The molecule has 1 N–H and O–H groups in total. The first kappa shape index (κ1) is 12.2. The Bertz CT molecular complexity index is 506. The Kier molecular flexibility index (Phi) is 4.42. The van der Waals surface area contributed by atoms with Crippen LogP contribution in [0.25, 0.3) is 0 Å². The van der Waals surface area contributed by atoms with Crippen LogP contribution in [0, 0.1) is 0 Å². The molecule has 0 aliphatic rings. The summed E-state index contributed by atoms with van der Waals surface area (Å²) < 4.78 is 5.26. The van der Waals surface area contributed by atoms with Crippen LogP contribution in [-0.2, 0) is 6.42 Å². The van der Waals surface area contributed by atoms with Crippen molar-refractivity contribution in [3.05, 3.63) is 72.4 Å². The summed E-state index contributed by atoms with van der Waals surface area (Å²) >= 11 is 0. The highest BCUT2D eigenvalue weighted by Crippen LogP contribution is 2.22. The van der Waals surface area contributed by atoms with Crippen LogP contribution in [0.5, 0.6) is 5.75 Å². The van der Waals surface area contributed by atoms with E-state index in [1.54, 1.807) is 7.11 Å². The van der Waals surface area contributed by atoms with E-state index in [9.17, 15) is 0 Å². The Hall–Kier alpha value is -2.22. The average molecular weight is 239 g/mol. The Labute approximate surface area is 108 Å². The van der Waals surface area contributed by atoms with Crippen molar-refractivity contribution in [3.63, 3.8) is 0 Å². The number of hydrogen-bond donors (Lipinski definition) is 1. The summed E-state index contributed by atoms with van der Waals surface area (Å²) in [5.74, 6) is 0.849. The van der Waals surface area contributed by atoms with Gasteiger partial charge >= 0.3 is 0 Å². The molecule has 0 saturated carbocycles. The highest BCUT2D eigenvalue weighted by molar-refractivity contribution is 5.57. The summed E-state index contributed by atoms with van der Waals surface area (Å²) in [5.41, 5.74) is 2.28. The van der Waals surface area contributed by atoms with E-state index in [0.717, 1.165) is 17.9 Å². The number of benzene rings is 2. The predicted molar refractivity (Wildman–Crippen MR) is 75.9 cm³/mol. The van der Waals surface area contributed by atoms with E-state index in [1.165, 1.54) is 5.56 Å². The molecule has 0 atom stereocenters. The first-order valence-corrected chi connectivity index (χ1v) is 5.98. The summed E-state index contributed by atoms with van der Waals surface area (Å²) in [7, 11) is 1.67. The maximum absolute atomic E-state index is 5.26. The minimum Gasteiger partial charge on any atom is -0.495 e. The van der Waals surface area contributed by atoms with Gasteiger partial charge in [0.25, 0.3) is 0 Å². The minimum atomic E-state index is 0.849. The van der Waals surface area contributed by atoms with Crippen LogP contribution in [-0.4, -0.2) is 7.11 Å². The van der Waals surface area contributed by atoms with Gasteiger partial charge < -0.3 is 10.1 Å². The normalized spacial score (nSPS) is 10.5. The third kappa shape index (κ3) is 3.39. The van der Waals surface area contributed by atoms with Gasteiger partial charge in [-0.2, -0.15) is 0 Å². The lowest BCUT2D eigenvalue weighted by atomic mass is 10.1. The SMILES string of the molecule is COc1ccccc1N/C=C/Cc1ccccc1. The lowest BCUT2D eigenvalue weighted by molar-refractivity contribution is 0.417. The van der Waals surface area contributed by atoms with E-state index in [0.29, 0.717) is 0 Å². The maximum Gasteiger partial charge on any atom is 0.142 e. The second-order valence-electron chi connectivity index (χ2n) is 3.94. The number of allylic oxidation sites excluding steroid dienone is 1. The predicted octanol–water partition coefficient (Wildman–Crippen LogP) is 3.86. The molecule has 2 rings (SSSR count). The molecule has 2 aromatic rings. The molecule has 0 unspecified atom stereocenters. The zero-order valence-electron chi connectivity index (χ0n) is 10.5. The van der Waals surface area contributed by atoms with E-state index in [4.69, 9.17) is 4.74 Å². The Balaban J connectivity index is 1.91. The van der Waals surface area contributed by atoms with Gasteiger partial charge in [0.1, 0.15) is 5.75 Å². The van der Waals surface area contributed by atoms with E-state index in [-0.39, 0.29) is 0 Å². The second-order valence-corrected chi connectivity index (χ2v) is 3.94. The molecule has 18 heavy (non-hydrogen) atoms. The van der Waals surface area contributed by atoms with Crippen molar-refractivity contribution in [2.24, 2.45) is 0 Å². The van der Waals surface area contributed by atoms with Crippen LogP contribution in [0.2, 0.25) is 0 Å². The zero-order chi connectivity index (χ0) is 12.6. The average Bonchev–Trinajstić information content (AvgIpc) is 2.45. The van der Waals surface area contributed by atoms with Crippen molar-refractivity contribution in [1.82, 2.24) is 0 Å².